The minimum atomic E-state index is -2.87. The maximum absolute atomic E-state index is 11.8. The molecule has 0 atom stereocenters. The summed E-state index contributed by atoms with van der Waals surface area (Å²) in [5.41, 5.74) is 4.92. The Labute approximate surface area is 236 Å². The van der Waals surface area contributed by atoms with E-state index >= 15 is 0 Å². The van der Waals surface area contributed by atoms with Crippen LogP contribution >= 0.6 is 0 Å². The number of aryl methyl sites for hydroxylation is 1. The Morgan fingerprint density at radius 2 is 1.85 bits per heavy atom. The number of nitrogens with one attached hydrogen (secondary N) is 2. The van der Waals surface area contributed by atoms with Gasteiger partial charge in [-0.15, -0.1) is 0 Å². The number of aromatic nitrogens is 4. The fourth-order valence-corrected chi connectivity index (χ4v) is 6.24. The summed E-state index contributed by atoms with van der Waals surface area (Å²) in [7, 11) is 3.09. The van der Waals surface area contributed by atoms with Crippen LogP contribution in [0, 0.1) is 0 Å². The molecule has 2 N–H and O–H groups in total. The third-order valence-electron chi connectivity index (χ3n) is 7.29. The number of sulfone groups is 1. The molecule has 0 aromatic carbocycles. The Kier molecular flexibility index (Phi) is 8.63. The highest BCUT2D eigenvalue weighted by Gasteiger charge is 2.21. The first-order valence-electron chi connectivity index (χ1n) is 13.7. The molecule has 1 aliphatic heterocycles. The third kappa shape index (κ3) is 6.78. The van der Waals surface area contributed by atoms with Crippen molar-refractivity contribution in [1.82, 2.24) is 29.3 Å². The highest BCUT2D eigenvalue weighted by molar-refractivity contribution is 7.91. The van der Waals surface area contributed by atoms with Crippen LogP contribution in [0.5, 0.6) is 0 Å². The SMILES string of the molecule is CNc1ccc(-c2ccc3c(CCCN4CCS(=O)(=O)CC4)cn(-c4ccnc(NCCN(C)C)c4)c3n2)cn1. The molecule has 1 saturated heterocycles. The van der Waals surface area contributed by atoms with E-state index in [1.807, 2.05) is 37.6 Å². The van der Waals surface area contributed by atoms with Gasteiger partial charge in [0.15, 0.2) is 9.84 Å². The van der Waals surface area contributed by atoms with Gasteiger partial charge in [0, 0.05) is 68.8 Å². The molecule has 0 bridgehead atoms. The fourth-order valence-electron chi connectivity index (χ4n) is 4.96. The molecule has 0 amide bonds. The van der Waals surface area contributed by atoms with E-state index in [2.05, 4.69) is 73.5 Å². The maximum atomic E-state index is 11.8. The van der Waals surface area contributed by atoms with Crippen LogP contribution < -0.4 is 10.6 Å². The quantitative estimate of drug-likeness (QED) is 0.285. The molecule has 4 aromatic rings. The standard InChI is InChI=1S/C29H38N8O2S/c1-30-27-9-6-22(20-33-27)26-8-7-25-23(5-4-13-36-15-17-40(38,39)18-16-36)21-37(29(25)34-26)24-10-11-31-28(19-24)32-12-14-35(2)3/h6-11,19-21H,4-5,12-18H2,1-3H3,(H,30,33)(H,31,32). The first kappa shape index (κ1) is 28.0. The number of hydrogen-bond donors (Lipinski definition) is 2. The summed E-state index contributed by atoms with van der Waals surface area (Å²) in [5, 5.41) is 7.59. The lowest BCUT2D eigenvalue weighted by Gasteiger charge is -2.26. The van der Waals surface area contributed by atoms with Crippen LogP contribution in [-0.4, -0.2) is 103 Å². The van der Waals surface area contributed by atoms with Crippen LogP contribution in [0.3, 0.4) is 0 Å². The van der Waals surface area contributed by atoms with Crippen LogP contribution in [0.15, 0.2) is 55.0 Å². The number of likely N-dealkylation sites (N-methyl/N-ethyl adjacent to an activating group) is 1. The molecule has 0 aliphatic carbocycles. The largest absolute Gasteiger partial charge is 0.373 e. The second-order valence-electron chi connectivity index (χ2n) is 10.5. The average molecular weight is 563 g/mol. The number of anilines is 2. The van der Waals surface area contributed by atoms with E-state index in [9.17, 15) is 8.42 Å². The lowest BCUT2D eigenvalue weighted by molar-refractivity contribution is 0.292. The monoisotopic (exact) mass is 562 g/mol. The minimum absolute atomic E-state index is 0.260. The molecule has 10 nitrogen and oxygen atoms in total. The van der Waals surface area contributed by atoms with E-state index in [-0.39, 0.29) is 11.5 Å². The molecule has 4 aromatic heterocycles. The van der Waals surface area contributed by atoms with Crippen molar-refractivity contribution in [2.45, 2.75) is 12.8 Å². The van der Waals surface area contributed by atoms with Crippen molar-refractivity contribution < 1.29 is 8.42 Å². The molecule has 1 fully saturated rings. The van der Waals surface area contributed by atoms with Crippen LogP contribution in [0.1, 0.15) is 12.0 Å². The topological polar surface area (TPSA) is 108 Å². The zero-order chi connectivity index (χ0) is 28.1. The summed E-state index contributed by atoms with van der Waals surface area (Å²) in [6.45, 7) is 3.84. The number of rotatable bonds is 11. The van der Waals surface area contributed by atoms with Crippen LogP contribution in [0.25, 0.3) is 28.0 Å². The highest BCUT2D eigenvalue weighted by atomic mass is 32.2. The van der Waals surface area contributed by atoms with Gasteiger partial charge in [-0.2, -0.15) is 0 Å². The second kappa shape index (κ2) is 12.3. The van der Waals surface area contributed by atoms with Crippen molar-refractivity contribution in [3.05, 3.63) is 60.6 Å². The number of nitrogens with zero attached hydrogens (tertiary/aromatic N) is 6. The van der Waals surface area contributed by atoms with Crippen molar-refractivity contribution >= 4 is 32.5 Å². The van der Waals surface area contributed by atoms with E-state index in [1.165, 1.54) is 5.56 Å². The third-order valence-corrected chi connectivity index (χ3v) is 8.90. The molecule has 40 heavy (non-hydrogen) atoms. The van der Waals surface area contributed by atoms with E-state index < -0.39 is 9.84 Å². The van der Waals surface area contributed by atoms with Crippen LogP contribution in [0.4, 0.5) is 11.6 Å². The van der Waals surface area contributed by atoms with Gasteiger partial charge >= 0.3 is 0 Å². The summed E-state index contributed by atoms with van der Waals surface area (Å²) in [4.78, 5) is 18.5. The van der Waals surface area contributed by atoms with Gasteiger partial charge in [0.1, 0.15) is 17.3 Å². The minimum Gasteiger partial charge on any atom is -0.373 e. The van der Waals surface area contributed by atoms with Crippen molar-refractivity contribution in [2.24, 2.45) is 0 Å². The molecular weight excluding hydrogens is 524 g/mol. The molecule has 5 rings (SSSR count). The van der Waals surface area contributed by atoms with Crippen molar-refractivity contribution in [2.75, 3.05) is 76.0 Å². The predicted octanol–water partition coefficient (Wildman–Crippen LogP) is 3.16. The smallest absolute Gasteiger partial charge is 0.152 e. The fraction of sp³-hybridized carbons (Fsp3) is 0.414. The summed E-state index contributed by atoms with van der Waals surface area (Å²) >= 11 is 0. The van der Waals surface area contributed by atoms with Gasteiger partial charge in [0.05, 0.1) is 22.9 Å². The first-order valence-corrected chi connectivity index (χ1v) is 15.6. The number of fused-ring (bicyclic) bond motifs is 1. The number of pyridine rings is 3. The van der Waals surface area contributed by atoms with E-state index in [1.54, 1.807) is 0 Å². The molecule has 0 unspecified atom stereocenters. The Morgan fingerprint density at radius 3 is 2.58 bits per heavy atom. The summed E-state index contributed by atoms with van der Waals surface area (Å²) in [5.74, 6) is 2.16. The van der Waals surface area contributed by atoms with Crippen molar-refractivity contribution in [1.29, 1.82) is 0 Å². The summed E-state index contributed by atoms with van der Waals surface area (Å²) < 4.78 is 25.7. The van der Waals surface area contributed by atoms with Crippen molar-refractivity contribution in [3.8, 4) is 16.9 Å². The Bertz CT molecular complexity index is 1540. The van der Waals surface area contributed by atoms with Gasteiger partial charge in [-0.3, -0.25) is 0 Å². The van der Waals surface area contributed by atoms with E-state index in [4.69, 9.17) is 4.98 Å². The van der Waals surface area contributed by atoms with E-state index in [0.717, 1.165) is 72.1 Å². The van der Waals surface area contributed by atoms with E-state index in [0.29, 0.717) is 13.1 Å². The lowest BCUT2D eigenvalue weighted by Crippen LogP contribution is -2.40. The summed E-state index contributed by atoms with van der Waals surface area (Å²) in [6.07, 6.45) is 7.68. The Hall–Kier alpha value is -3.54. The van der Waals surface area contributed by atoms with Crippen molar-refractivity contribution in [3.63, 3.8) is 0 Å². The average Bonchev–Trinajstić information content (AvgIpc) is 3.32. The second-order valence-corrected chi connectivity index (χ2v) is 12.8. The Balaban J connectivity index is 1.43. The van der Waals surface area contributed by atoms with Crippen LogP contribution in [0.2, 0.25) is 0 Å². The van der Waals surface area contributed by atoms with Gasteiger partial charge in [-0.25, -0.2) is 23.4 Å². The van der Waals surface area contributed by atoms with Gasteiger partial charge in [-0.05, 0) is 69.4 Å². The molecule has 11 heteroatoms. The maximum Gasteiger partial charge on any atom is 0.152 e. The first-order chi connectivity index (χ1) is 19.3. The van der Waals surface area contributed by atoms with Crippen LogP contribution in [-0.2, 0) is 16.3 Å². The van der Waals surface area contributed by atoms with Gasteiger partial charge in [0.2, 0.25) is 0 Å². The zero-order valence-electron chi connectivity index (χ0n) is 23.5. The molecule has 1 aliphatic rings. The summed E-state index contributed by atoms with van der Waals surface area (Å²) in [6, 6.07) is 12.3. The highest BCUT2D eigenvalue weighted by Crippen LogP contribution is 2.29. The zero-order valence-corrected chi connectivity index (χ0v) is 24.3. The van der Waals surface area contributed by atoms with Gasteiger partial charge in [0.25, 0.3) is 0 Å². The Morgan fingerprint density at radius 1 is 1.02 bits per heavy atom. The molecule has 0 saturated carbocycles. The molecule has 0 spiro atoms. The lowest BCUT2D eigenvalue weighted by atomic mass is 10.1. The molecule has 5 heterocycles. The molecule has 0 radical (unpaired) electrons. The molecular formula is C29H38N8O2S. The predicted molar refractivity (Wildman–Crippen MR) is 162 cm³/mol. The van der Waals surface area contributed by atoms with Gasteiger partial charge in [-0.1, -0.05) is 0 Å². The number of hydrogen-bond acceptors (Lipinski definition) is 9. The van der Waals surface area contributed by atoms with Gasteiger partial charge < -0.3 is 25.0 Å². The molecule has 212 valence electrons. The normalized spacial score (nSPS) is 15.5.